The van der Waals surface area contributed by atoms with Gasteiger partial charge in [0.25, 0.3) is 5.91 Å². The van der Waals surface area contributed by atoms with E-state index < -0.39 is 5.91 Å². The topological polar surface area (TPSA) is 72.9 Å². The molecule has 0 radical (unpaired) electrons. The SMILES string of the molecule is Cc1c(C(N)=O)cc(-c2csc(Nc3ccc(F)cc3)n2)n1CCc1ccc(F)cc1. The standard InChI is InChI=1S/C23H20F2N4OS/c1-14-19(22(26)30)12-21(29(14)11-10-15-2-4-16(24)5-3-15)20-13-31-23(28-20)27-18-8-6-17(25)7-9-18/h2-9,12-13H,10-11H2,1H3,(H2,26,30)(H,27,28). The molecule has 0 aliphatic rings. The van der Waals surface area contributed by atoms with E-state index in [1.807, 2.05) is 16.9 Å². The minimum absolute atomic E-state index is 0.277. The fourth-order valence-corrected chi connectivity index (χ4v) is 4.12. The van der Waals surface area contributed by atoms with Crippen LogP contribution in [0.4, 0.5) is 19.6 Å². The molecular formula is C23H20F2N4OS. The van der Waals surface area contributed by atoms with Gasteiger partial charge >= 0.3 is 0 Å². The van der Waals surface area contributed by atoms with Crippen LogP contribution in [-0.4, -0.2) is 15.5 Å². The monoisotopic (exact) mass is 438 g/mol. The first kappa shape index (κ1) is 20.7. The maximum absolute atomic E-state index is 13.2. The number of aromatic nitrogens is 2. The number of amides is 1. The molecule has 0 saturated heterocycles. The quantitative estimate of drug-likeness (QED) is 0.412. The van der Waals surface area contributed by atoms with Gasteiger partial charge in [-0.15, -0.1) is 11.3 Å². The Morgan fingerprint density at radius 1 is 1.10 bits per heavy atom. The Balaban J connectivity index is 1.61. The number of primary amides is 1. The number of nitrogens with one attached hydrogen (secondary N) is 1. The molecular weight excluding hydrogens is 418 g/mol. The van der Waals surface area contributed by atoms with Crippen molar-refractivity contribution in [1.82, 2.24) is 9.55 Å². The van der Waals surface area contributed by atoms with E-state index in [1.165, 1.54) is 35.6 Å². The zero-order chi connectivity index (χ0) is 22.0. The summed E-state index contributed by atoms with van der Waals surface area (Å²) in [5.41, 5.74) is 9.94. The highest BCUT2D eigenvalue weighted by Crippen LogP contribution is 2.30. The number of hydrogen-bond acceptors (Lipinski definition) is 4. The summed E-state index contributed by atoms with van der Waals surface area (Å²) in [4.78, 5) is 16.5. The van der Waals surface area contributed by atoms with E-state index in [9.17, 15) is 13.6 Å². The minimum atomic E-state index is -0.501. The average molecular weight is 439 g/mol. The minimum Gasteiger partial charge on any atom is -0.366 e. The van der Waals surface area contributed by atoms with E-state index in [0.717, 1.165) is 22.6 Å². The molecule has 31 heavy (non-hydrogen) atoms. The fraction of sp³-hybridized carbons (Fsp3) is 0.130. The number of rotatable bonds is 7. The van der Waals surface area contributed by atoms with E-state index in [4.69, 9.17) is 5.73 Å². The Bertz CT molecular complexity index is 1210. The normalized spacial score (nSPS) is 10.9. The van der Waals surface area contributed by atoms with Crippen molar-refractivity contribution < 1.29 is 13.6 Å². The molecule has 0 bridgehead atoms. The molecule has 2 aromatic heterocycles. The van der Waals surface area contributed by atoms with Crippen molar-refractivity contribution in [2.24, 2.45) is 5.73 Å². The number of aryl methyl sites for hydroxylation is 1. The lowest BCUT2D eigenvalue weighted by Crippen LogP contribution is -2.13. The molecule has 0 saturated carbocycles. The van der Waals surface area contributed by atoms with E-state index >= 15 is 0 Å². The molecule has 4 aromatic rings. The molecule has 158 valence electrons. The van der Waals surface area contributed by atoms with E-state index in [-0.39, 0.29) is 11.6 Å². The summed E-state index contributed by atoms with van der Waals surface area (Å²) < 4.78 is 28.3. The third-order valence-electron chi connectivity index (χ3n) is 5.03. The summed E-state index contributed by atoms with van der Waals surface area (Å²) >= 11 is 1.40. The van der Waals surface area contributed by atoms with Crippen molar-refractivity contribution in [2.45, 2.75) is 19.9 Å². The van der Waals surface area contributed by atoms with Gasteiger partial charge in [-0.1, -0.05) is 12.1 Å². The van der Waals surface area contributed by atoms with Crippen LogP contribution in [-0.2, 0) is 13.0 Å². The van der Waals surface area contributed by atoms with Crippen LogP contribution >= 0.6 is 11.3 Å². The molecule has 0 unspecified atom stereocenters. The highest BCUT2D eigenvalue weighted by molar-refractivity contribution is 7.14. The fourth-order valence-electron chi connectivity index (χ4n) is 3.39. The van der Waals surface area contributed by atoms with Crippen molar-refractivity contribution in [3.05, 3.63) is 88.4 Å². The van der Waals surface area contributed by atoms with Crippen LogP contribution in [0.3, 0.4) is 0 Å². The van der Waals surface area contributed by atoms with Gasteiger partial charge in [0, 0.05) is 23.3 Å². The number of benzene rings is 2. The van der Waals surface area contributed by atoms with Crippen LogP contribution in [0.25, 0.3) is 11.4 Å². The number of hydrogen-bond donors (Lipinski definition) is 2. The van der Waals surface area contributed by atoms with E-state index in [2.05, 4.69) is 10.3 Å². The molecule has 2 aromatic carbocycles. The maximum Gasteiger partial charge on any atom is 0.250 e. The largest absolute Gasteiger partial charge is 0.366 e. The van der Waals surface area contributed by atoms with Crippen molar-refractivity contribution in [1.29, 1.82) is 0 Å². The molecule has 8 heteroatoms. The van der Waals surface area contributed by atoms with E-state index in [0.29, 0.717) is 29.4 Å². The first-order valence-corrected chi connectivity index (χ1v) is 10.5. The molecule has 0 aliphatic carbocycles. The lowest BCUT2D eigenvalue weighted by molar-refractivity contribution is 0.0999. The number of thiazole rings is 1. The maximum atomic E-state index is 13.2. The van der Waals surface area contributed by atoms with Crippen molar-refractivity contribution in [3.8, 4) is 11.4 Å². The molecule has 0 atom stereocenters. The van der Waals surface area contributed by atoms with Crippen molar-refractivity contribution in [3.63, 3.8) is 0 Å². The Hall–Kier alpha value is -3.52. The molecule has 4 rings (SSSR count). The molecule has 0 aliphatic heterocycles. The van der Waals surface area contributed by atoms with Gasteiger partial charge in [0.1, 0.15) is 11.6 Å². The van der Waals surface area contributed by atoms with E-state index in [1.54, 1.807) is 30.3 Å². The van der Waals surface area contributed by atoms with Crippen LogP contribution < -0.4 is 11.1 Å². The number of carbonyl (C=O) groups excluding carboxylic acids is 1. The van der Waals surface area contributed by atoms with Gasteiger partial charge in [0.2, 0.25) is 0 Å². The number of anilines is 2. The Morgan fingerprint density at radius 2 is 1.74 bits per heavy atom. The first-order chi connectivity index (χ1) is 14.9. The van der Waals surface area contributed by atoms with Crippen molar-refractivity contribution in [2.75, 3.05) is 5.32 Å². The summed E-state index contributed by atoms with van der Waals surface area (Å²) in [5.74, 6) is -1.08. The summed E-state index contributed by atoms with van der Waals surface area (Å²) in [6.45, 7) is 2.43. The van der Waals surface area contributed by atoms with Gasteiger partial charge < -0.3 is 15.6 Å². The summed E-state index contributed by atoms with van der Waals surface area (Å²) in [7, 11) is 0. The third kappa shape index (κ3) is 4.64. The van der Waals surface area contributed by atoms with Gasteiger partial charge in [-0.2, -0.15) is 0 Å². The predicted molar refractivity (Wildman–Crippen MR) is 119 cm³/mol. The van der Waals surface area contributed by atoms with Gasteiger partial charge in [-0.3, -0.25) is 4.79 Å². The number of nitrogens with two attached hydrogens (primary N) is 1. The molecule has 5 nitrogen and oxygen atoms in total. The number of halogens is 2. The second-order valence-corrected chi connectivity index (χ2v) is 7.95. The molecule has 2 heterocycles. The van der Waals surface area contributed by atoms with Gasteiger partial charge in [-0.25, -0.2) is 13.8 Å². The summed E-state index contributed by atoms with van der Waals surface area (Å²) in [5, 5.41) is 5.69. The molecule has 0 spiro atoms. The third-order valence-corrected chi connectivity index (χ3v) is 5.79. The second-order valence-electron chi connectivity index (χ2n) is 7.09. The zero-order valence-electron chi connectivity index (χ0n) is 16.7. The first-order valence-electron chi connectivity index (χ1n) is 9.63. The van der Waals surface area contributed by atoms with Gasteiger partial charge in [0.15, 0.2) is 5.13 Å². The smallest absolute Gasteiger partial charge is 0.250 e. The van der Waals surface area contributed by atoms with Gasteiger partial charge in [-0.05, 0) is 61.4 Å². The highest BCUT2D eigenvalue weighted by Gasteiger charge is 2.18. The van der Waals surface area contributed by atoms with Gasteiger partial charge in [0.05, 0.1) is 17.0 Å². The predicted octanol–water partition coefficient (Wildman–Crippen LogP) is 5.28. The van der Waals surface area contributed by atoms with Crippen LogP contribution in [0, 0.1) is 18.6 Å². The van der Waals surface area contributed by atoms with Crippen molar-refractivity contribution >= 4 is 28.1 Å². The molecule has 3 N–H and O–H groups in total. The lowest BCUT2D eigenvalue weighted by atomic mass is 10.1. The zero-order valence-corrected chi connectivity index (χ0v) is 17.5. The van der Waals surface area contributed by atoms with Crippen LogP contribution in [0.2, 0.25) is 0 Å². The average Bonchev–Trinajstić information content (AvgIpc) is 3.33. The summed E-state index contributed by atoms with van der Waals surface area (Å²) in [6.07, 6.45) is 0.659. The second kappa shape index (κ2) is 8.69. The summed E-state index contributed by atoms with van der Waals surface area (Å²) in [6, 6.07) is 14.1. The highest BCUT2D eigenvalue weighted by atomic mass is 32.1. The Kier molecular flexibility index (Phi) is 5.81. The number of carbonyl (C=O) groups is 1. The van der Waals surface area contributed by atoms with Crippen LogP contribution in [0.15, 0.2) is 60.0 Å². The molecule has 0 fully saturated rings. The lowest BCUT2D eigenvalue weighted by Gasteiger charge is -2.11. The Labute approximate surface area is 182 Å². The van der Waals surface area contributed by atoms with Crippen LogP contribution in [0.5, 0.6) is 0 Å². The molecule has 1 amide bonds. The number of nitrogens with zero attached hydrogens (tertiary/aromatic N) is 2. The Morgan fingerprint density at radius 3 is 2.39 bits per heavy atom. The van der Waals surface area contributed by atoms with Crippen LogP contribution in [0.1, 0.15) is 21.6 Å².